The Morgan fingerprint density at radius 1 is 1.00 bits per heavy atom. The third-order valence-electron chi connectivity index (χ3n) is 2.44. The number of hydrogen-bond acceptors (Lipinski definition) is 2. The van der Waals surface area contributed by atoms with Crippen molar-refractivity contribution >= 4 is 28.9 Å². The Hall–Kier alpha value is -1.69. The van der Waals surface area contributed by atoms with E-state index in [1.165, 1.54) is 0 Å². The predicted molar refractivity (Wildman–Crippen MR) is 71.0 cm³/mol. The second-order valence-corrected chi connectivity index (χ2v) is 4.32. The molecule has 0 aliphatic rings. The zero-order valence-electron chi connectivity index (χ0n) is 8.74. The van der Waals surface area contributed by atoms with Crippen LogP contribution in [0.15, 0.2) is 36.4 Å². The van der Waals surface area contributed by atoms with Crippen molar-refractivity contribution in [2.24, 2.45) is 0 Å². The van der Waals surface area contributed by atoms with Gasteiger partial charge in [-0.05, 0) is 23.8 Å². The molecular weight excluding hydrogens is 255 g/mol. The summed E-state index contributed by atoms with van der Waals surface area (Å²) in [6.07, 6.45) is 0. The Labute approximate surface area is 109 Å². The van der Waals surface area contributed by atoms with Crippen LogP contribution in [0, 0.1) is 11.3 Å². The average Bonchev–Trinajstić information content (AvgIpc) is 2.31. The highest BCUT2D eigenvalue weighted by Crippen LogP contribution is 2.33. The molecule has 2 nitrogen and oxygen atoms in total. The highest BCUT2D eigenvalue weighted by atomic mass is 35.5. The van der Waals surface area contributed by atoms with Crippen LogP contribution in [0.25, 0.3) is 11.1 Å². The van der Waals surface area contributed by atoms with Crippen LogP contribution in [0.2, 0.25) is 10.0 Å². The molecule has 0 aliphatic heterocycles. The zero-order valence-corrected chi connectivity index (χ0v) is 10.3. The molecule has 0 unspecified atom stereocenters. The van der Waals surface area contributed by atoms with Gasteiger partial charge in [-0.1, -0.05) is 41.4 Å². The van der Waals surface area contributed by atoms with E-state index in [0.29, 0.717) is 21.3 Å². The number of nitrogens with zero attached hydrogens (tertiary/aromatic N) is 1. The fourth-order valence-corrected chi connectivity index (χ4v) is 2.01. The lowest BCUT2D eigenvalue weighted by Gasteiger charge is -2.08. The van der Waals surface area contributed by atoms with Crippen molar-refractivity contribution in [2.75, 3.05) is 5.73 Å². The molecule has 0 aliphatic carbocycles. The van der Waals surface area contributed by atoms with Gasteiger partial charge in [-0.2, -0.15) is 5.26 Å². The standard InChI is InChI=1S/C13H8Cl2N2/c14-9-3-1-8(2-4-9)10-5-6-12(17)11(7-16)13(10)15/h1-6H,17H2. The molecule has 0 radical (unpaired) electrons. The first-order valence-electron chi connectivity index (χ1n) is 4.87. The Kier molecular flexibility index (Phi) is 3.23. The summed E-state index contributed by atoms with van der Waals surface area (Å²) in [6, 6.07) is 12.7. The number of nitrogens with two attached hydrogens (primary N) is 1. The predicted octanol–water partition coefficient (Wildman–Crippen LogP) is 4.11. The molecule has 17 heavy (non-hydrogen) atoms. The molecule has 0 amide bonds. The minimum Gasteiger partial charge on any atom is -0.398 e. The summed E-state index contributed by atoms with van der Waals surface area (Å²) < 4.78 is 0. The summed E-state index contributed by atoms with van der Waals surface area (Å²) in [5.41, 5.74) is 8.04. The molecule has 2 rings (SSSR count). The average molecular weight is 263 g/mol. The Morgan fingerprint density at radius 3 is 2.24 bits per heavy atom. The van der Waals surface area contributed by atoms with Crippen molar-refractivity contribution < 1.29 is 0 Å². The van der Waals surface area contributed by atoms with Gasteiger partial charge in [0.15, 0.2) is 0 Å². The van der Waals surface area contributed by atoms with Crippen LogP contribution in [0.3, 0.4) is 0 Å². The van der Waals surface area contributed by atoms with E-state index in [-0.39, 0.29) is 0 Å². The molecule has 0 saturated heterocycles. The van der Waals surface area contributed by atoms with Crippen molar-refractivity contribution in [1.29, 1.82) is 5.26 Å². The minimum atomic E-state index is 0.305. The zero-order chi connectivity index (χ0) is 12.4. The van der Waals surface area contributed by atoms with Crippen LogP contribution < -0.4 is 5.73 Å². The summed E-state index contributed by atoms with van der Waals surface area (Å²) in [7, 11) is 0. The van der Waals surface area contributed by atoms with Crippen LogP contribution in [0.5, 0.6) is 0 Å². The fourth-order valence-electron chi connectivity index (χ4n) is 1.56. The smallest absolute Gasteiger partial charge is 0.103 e. The van der Waals surface area contributed by atoms with Gasteiger partial charge >= 0.3 is 0 Å². The largest absolute Gasteiger partial charge is 0.398 e. The molecule has 0 atom stereocenters. The van der Waals surface area contributed by atoms with Gasteiger partial charge in [0.2, 0.25) is 0 Å². The second-order valence-electron chi connectivity index (χ2n) is 3.51. The van der Waals surface area contributed by atoms with Crippen molar-refractivity contribution in [3.05, 3.63) is 52.0 Å². The molecule has 0 fully saturated rings. The first-order valence-corrected chi connectivity index (χ1v) is 5.63. The van der Waals surface area contributed by atoms with Crippen LogP contribution in [0.1, 0.15) is 5.56 Å². The maximum Gasteiger partial charge on any atom is 0.103 e. The third kappa shape index (κ3) is 2.21. The van der Waals surface area contributed by atoms with Crippen LogP contribution >= 0.6 is 23.2 Å². The number of nitriles is 1. The molecule has 0 saturated carbocycles. The Balaban J connectivity index is 2.61. The monoisotopic (exact) mass is 262 g/mol. The summed E-state index contributed by atoms with van der Waals surface area (Å²) in [5, 5.41) is 10.0. The molecule has 2 aromatic carbocycles. The molecule has 0 bridgehead atoms. The molecule has 0 aromatic heterocycles. The van der Waals surface area contributed by atoms with E-state index in [1.54, 1.807) is 24.3 Å². The quantitative estimate of drug-likeness (QED) is 0.787. The molecule has 4 heteroatoms. The van der Waals surface area contributed by atoms with E-state index in [2.05, 4.69) is 0 Å². The van der Waals surface area contributed by atoms with Gasteiger partial charge < -0.3 is 5.73 Å². The number of nitrogen functional groups attached to an aromatic ring is 1. The summed E-state index contributed by atoms with van der Waals surface area (Å²) in [5.74, 6) is 0. The molecule has 2 N–H and O–H groups in total. The summed E-state index contributed by atoms with van der Waals surface area (Å²) >= 11 is 12.0. The highest BCUT2D eigenvalue weighted by Gasteiger charge is 2.10. The summed E-state index contributed by atoms with van der Waals surface area (Å²) in [4.78, 5) is 0. The number of anilines is 1. The van der Waals surface area contributed by atoms with Crippen LogP contribution in [-0.4, -0.2) is 0 Å². The maximum atomic E-state index is 8.98. The lowest BCUT2D eigenvalue weighted by Crippen LogP contribution is -1.92. The van der Waals surface area contributed by atoms with E-state index in [1.807, 2.05) is 18.2 Å². The highest BCUT2D eigenvalue weighted by molar-refractivity contribution is 6.35. The van der Waals surface area contributed by atoms with Gasteiger partial charge in [-0.15, -0.1) is 0 Å². The normalized spacial score (nSPS) is 9.94. The molecule has 0 heterocycles. The Morgan fingerprint density at radius 2 is 1.65 bits per heavy atom. The van der Waals surface area contributed by atoms with Crippen molar-refractivity contribution in [2.45, 2.75) is 0 Å². The Bertz CT molecular complexity index is 598. The number of rotatable bonds is 1. The first kappa shape index (κ1) is 11.8. The SMILES string of the molecule is N#Cc1c(N)ccc(-c2ccc(Cl)cc2)c1Cl. The molecular formula is C13H8Cl2N2. The van der Waals surface area contributed by atoms with Gasteiger partial charge in [0, 0.05) is 10.6 Å². The fraction of sp³-hybridized carbons (Fsp3) is 0. The van der Waals surface area contributed by atoms with Crippen LogP contribution in [-0.2, 0) is 0 Å². The number of hydrogen-bond donors (Lipinski definition) is 1. The summed E-state index contributed by atoms with van der Waals surface area (Å²) in [6.45, 7) is 0. The van der Waals surface area contributed by atoms with E-state index >= 15 is 0 Å². The topological polar surface area (TPSA) is 49.8 Å². The minimum absolute atomic E-state index is 0.305. The lowest BCUT2D eigenvalue weighted by atomic mass is 10.0. The molecule has 2 aromatic rings. The molecule has 84 valence electrons. The van der Waals surface area contributed by atoms with Gasteiger partial charge in [0.25, 0.3) is 0 Å². The van der Waals surface area contributed by atoms with Gasteiger partial charge in [-0.3, -0.25) is 0 Å². The number of halogens is 2. The van der Waals surface area contributed by atoms with E-state index in [9.17, 15) is 0 Å². The van der Waals surface area contributed by atoms with Gasteiger partial charge in [0.05, 0.1) is 16.3 Å². The van der Waals surface area contributed by atoms with Crippen molar-refractivity contribution in [3.63, 3.8) is 0 Å². The van der Waals surface area contributed by atoms with Gasteiger partial charge in [0.1, 0.15) is 6.07 Å². The lowest BCUT2D eigenvalue weighted by molar-refractivity contribution is 1.48. The first-order chi connectivity index (χ1) is 8.13. The molecule has 0 spiro atoms. The van der Waals surface area contributed by atoms with E-state index in [0.717, 1.165) is 11.1 Å². The van der Waals surface area contributed by atoms with E-state index in [4.69, 9.17) is 34.2 Å². The van der Waals surface area contributed by atoms with Crippen LogP contribution in [0.4, 0.5) is 5.69 Å². The maximum absolute atomic E-state index is 8.98. The van der Waals surface area contributed by atoms with Crippen molar-refractivity contribution in [1.82, 2.24) is 0 Å². The van der Waals surface area contributed by atoms with E-state index < -0.39 is 0 Å². The third-order valence-corrected chi connectivity index (χ3v) is 3.09. The number of benzene rings is 2. The second kappa shape index (κ2) is 4.67. The van der Waals surface area contributed by atoms with Gasteiger partial charge in [-0.25, -0.2) is 0 Å². The van der Waals surface area contributed by atoms with Crippen molar-refractivity contribution in [3.8, 4) is 17.2 Å².